The molecule has 12 heavy (non-hydrogen) atoms. The van der Waals surface area contributed by atoms with Gasteiger partial charge in [0.15, 0.2) is 5.82 Å². The molecule has 0 bridgehead atoms. The zero-order valence-corrected chi connectivity index (χ0v) is 6.10. The van der Waals surface area contributed by atoms with Gasteiger partial charge in [-0.05, 0) is 6.07 Å². The van der Waals surface area contributed by atoms with Crippen LogP contribution in [-0.4, -0.2) is 25.4 Å². The van der Waals surface area contributed by atoms with E-state index >= 15 is 0 Å². The predicted octanol–water partition coefficient (Wildman–Crippen LogP) is -0.156. The summed E-state index contributed by atoms with van der Waals surface area (Å²) >= 11 is 0. The minimum atomic E-state index is 0.419. The van der Waals surface area contributed by atoms with Crippen molar-refractivity contribution in [1.29, 1.82) is 0 Å². The van der Waals surface area contributed by atoms with E-state index in [9.17, 15) is 0 Å². The Labute approximate surface area is 67.9 Å². The monoisotopic (exact) mass is 162 g/mol. The van der Waals surface area contributed by atoms with Crippen LogP contribution in [0.25, 0.3) is 11.5 Å². The fourth-order valence-electron chi connectivity index (χ4n) is 0.805. The van der Waals surface area contributed by atoms with Gasteiger partial charge >= 0.3 is 0 Å². The molecule has 0 amide bonds. The molecule has 60 valence electrons. The molecule has 0 aliphatic heterocycles. The summed E-state index contributed by atoms with van der Waals surface area (Å²) in [5.74, 6) is 0.895. The summed E-state index contributed by atoms with van der Waals surface area (Å²) in [5, 5.41) is 9.91. The van der Waals surface area contributed by atoms with E-state index in [1.54, 1.807) is 12.3 Å². The van der Waals surface area contributed by atoms with E-state index in [-0.39, 0.29) is 0 Å². The van der Waals surface area contributed by atoms with Crippen LogP contribution in [0.1, 0.15) is 0 Å². The quantitative estimate of drug-likeness (QED) is 0.607. The average molecular weight is 162 g/mol. The van der Waals surface area contributed by atoms with Crippen molar-refractivity contribution in [3.05, 3.63) is 18.5 Å². The molecule has 6 nitrogen and oxygen atoms in total. The average Bonchev–Trinajstić information content (AvgIpc) is 2.56. The van der Waals surface area contributed by atoms with Crippen molar-refractivity contribution in [3.8, 4) is 11.5 Å². The smallest absolute Gasteiger partial charge is 0.183 e. The number of hydrogen-bond acceptors (Lipinski definition) is 5. The maximum absolute atomic E-state index is 5.46. The van der Waals surface area contributed by atoms with Gasteiger partial charge in [0, 0.05) is 6.20 Å². The Hall–Kier alpha value is -1.98. The maximum Gasteiger partial charge on any atom is 0.183 e. The summed E-state index contributed by atoms with van der Waals surface area (Å²) in [6.45, 7) is 0. The second kappa shape index (κ2) is 2.57. The number of aromatic nitrogens is 5. The van der Waals surface area contributed by atoms with Gasteiger partial charge < -0.3 is 5.73 Å². The van der Waals surface area contributed by atoms with E-state index in [1.165, 1.54) is 6.20 Å². The van der Waals surface area contributed by atoms with Crippen molar-refractivity contribution < 1.29 is 0 Å². The van der Waals surface area contributed by atoms with E-state index < -0.39 is 0 Å². The molecule has 2 heterocycles. The van der Waals surface area contributed by atoms with Crippen molar-refractivity contribution in [3.63, 3.8) is 0 Å². The first-order valence-corrected chi connectivity index (χ1v) is 3.31. The number of nitrogens with zero attached hydrogens (tertiary/aromatic N) is 4. The Bertz CT molecular complexity index is 367. The van der Waals surface area contributed by atoms with E-state index in [0.717, 1.165) is 0 Å². The number of nitrogen functional groups attached to an aromatic ring is 1. The lowest BCUT2D eigenvalue weighted by Crippen LogP contribution is -1.94. The molecule has 0 saturated carbocycles. The van der Waals surface area contributed by atoms with Gasteiger partial charge in [-0.2, -0.15) is 15.4 Å². The Morgan fingerprint density at radius 3 is 3.00 bits per heavy atom. The number of rotatable bonds is 1. The highest BCUT2D eigenvalue weighted by Crippen LogP contribution is 2.08. The lowest BCUT2D eigenvalue weighted by Gasteiger charge is -1.93. The number of nitrogens with two attached hydrogens (primary N) is 1. The largest absolute Gasteiger partial charge is 0.384 e. The van der Waals surface area contributed by atoms with Gasteiger partial charge in [0.1, 0.15) is 11.5 Å². The number of H-pyrrole nitrogens is 1. The molecule has 2 aromatic heterocycles. The van der Waals surface area contributed by atoms with Crippen molar-refractivity contribution in [1.82, 2.24) is 25.4 Å². The highest BCUT2D eigenvalue weighted by Gasteiger charge is 2.02. The van der Waals surface area contributed by atoms with Gasteiger partial charge in [-0.3, -0.25) is 0 Å². The van der Waals surface area contributed by atoms with Gasteiger partial charge in [-0.15, -0.1) is 0 Å². The third-order valence-electron chi connectivity index (χ3n) is 1.32. The lowest BCUT2D eigenvalue weighted by atomic mass is 10.4. The molecule has 0 aliphatic carbocycles. The third kappa shape index (κ3) is 1.09. The van der Waals surface area contributed by atoms with Crippen molar-refractivity contribution in [2.75, 3.05) is 5.73 Å². The summed E-state index contributed by atoms with van der Waals surface area (Å²) in [4.78, 5) is 7.93. The second-order valence-corrected chi connectivity index (χ2v) is 2.16. The van der Waals surface area contributed by atoms with E-state index in [4.69, 9.17) is 5.73 Å². The summed E-state index contributed by atoms with van der Waals surface area (Å²) in [5.41, 5.74) is 6.04. The Morgan fingerprint density at radius 2 is 2.33 bits per heavy atom. The fourth-order valence-corrected chi connectivity index (χ4v) is 0.805. The number of aromatic amines is 1. The molecule has 2 aromatic rings. The van der Waals surface area contributed by atoms with Crippen LogP contribution in [-0.2, 0) is 0 Å². The van der Waals surface area contributed by atoms with Gasteiger partial charge in [-0.1, -0.05) is 0 Å². The standard InChI is InChI=1S/C6H6N6/c7-5-1-2-8-6(10-5)4-3-9-12-11-4/h1-3H,(H2,7,8,10)(H,9,11,12). The Balaban J connectivity index is 2.48. The molecule has 2 rings (SSSR count). The van der Waals surface area contributed by atoms with Crippen molar-refractivity contribution in [2.24, 2.45) is 0 Å². The molecular weight excluding hydrogens is 156 g/mol. The van der Waals surface area contributed by atoms with Gasteiger partial charge in [0.25, 0.3) is 0 Å². The van der Waals surface area contributed by atoms with E-state index in [0.29, 0.717) is 17.3 Å². The fraction of sp³-hybridized carbons (Fsp3) is 0. The molecule has 6 heteroatoms. The van der Waals surface area contributed by atoms with Crippen LogP contribution in [0.15, 0.2) is 18.5 Å². The maximum atomic E-state index is 5.46. The highest BCUT2D eigenvalue weighted by atomic mass is 15.3. The van der Waals surface area contributed by atoms with Crippen LogP contribution in [0, 0.1) is 0 Å². The minimum Gasteiger partial charge on any atom is -0.384 e. The Kier molecular flexibility index (Phi) is 1.44. The number of nitrogens with one attached hydrogen (secondary N) is 1. The number of anilines is 1. The van der Waals surface area contributed by atoms with Crippen molar-refractivity contribution >= 4 is 5.82 Å². The molecular formula is C6H6N6. The molecule has 0 aromatic carbocycles. The lowest BCUT2D eigenvalue weighted by molar-refractivity contribution is 0.938. The Morgan fingerprint density at radius 1 is 1.42 bits per heavy atom. The number of hydrogen-bond donors (Lipinski definition) is 2. The van der Waals surface area contributed by atoms with Crippen molar-refractivity contribution in [2.45, 2.75) is 0 Å². The summed E-state index contributed by atoms with van der Waals surface area (Å²) in [6.07, 6.45) is 3.11. The first-order chi connectivity index (χ1) is 5.86. The molecule has 0 radical (unpaired) electrons. The van der Waals surface area contributed by atoms with Crippen LogP contribution < -0.4 is 5.73 Å². The third-order valence-corrected chi connectivity index (χ3v) is 1.32. The van der Waals surface area contributed by atoms with Crippen LogP contribution in [0.2, 0.25) is 0 Å². The molecule has 0 aliphatic rings. The van der Waals surface area contributed by atoms with Crippen LogP contribution in [0.3, 0.4) is 0 Å². The van der Waals surface area contributed by atoms with E-state index in [1.807, 2.05) is 0 Å². The second-order valence-electron chi connectivity index (χ2n) is 2.16. The van der Waals surface area contributed by atoms with Crippen LogP contribution >= 0.6 is 0 Å². The zero-order valence-electron chi connectivity index (χ0n) is 6.10. The molecule has 0 spiro atoms. The molecule has 0 unspecified atom stereocenters. The minimum absolute atomic E-state index is 0.419. The summed E-state index contributed by atoms with van der Waals surface area (Å²) < 4.78 is 0. The van der Waals surface area contributed by atoms with Gasteiger partial charge in [0.2, 0.25) is 0 Å². The molecule has 0 atom stereocenters. The van der Waals surface area contributed by atoms with Crippen LogP contribution in [0.4, 0.5) is 5.82 Å². The summed E-state index contributed by atoms with van der Waals surface area (Å²) in [7, 11) is 0. The predicted molar refractivity (Wildman–Crippen MR) is 41.8 cm³/mol. The van der Waals surface area contributed by atoms with Crippen LogP contribution in [0.5, 0.6) is 0 Å². The van der Waals surface area contributed by atoms with Gasteiger partial charge in [-0.25, -0.2) is 9.97 Å². The highest BCUT2D eigenvalue weighted by molar-refractivity contribution is 5.48. The zero-order chi connectivity index (χ0) is 8.39. The SMILES string of the molecule is Nc1ccnc(-c2cn[nH]n2)n1. The summed E-state index contributed by atoms with van der Waals surface area (Å²) in [6, 6.07) is 1.61. The van der Waals surface area contributed by atoms with Gasteiger partial charge in [0.05, 0.1) is 6.20 Å². The van der Waals surface area contributed by atoms with E-state index in [2.05, 4.69) is 25.4 Å². The molecule has 3 N–H and O–H groups in total. The molecule has 0 fully saturated rings. The topological polar surface area (TPSA) is 93.4 Å². The first-order valence-electron chi connectivity index (χ1n) is 3.31. The molecule has 0 saturated heterocycles. The normalized spacial score (nSPS) is 10.0. The first kappa shape index (κ1) is 6.71.